The van der Waals surface area contributed by atoms with Gasteiger partial charge in [0, 0.05) is 29.1 Å². The van der Waals surface area contributed by atoms with Gasteiger partial charge in [-0.25, -0.2) is 8.96 Å². The predicted octanol–water partition coefficient (Wildman–Crippen LogP) is 3.83. The number of carboxylic acids is 1. The van der Waals surface area contributed by atoms with Crippen LogP contribution in [0.3, 0.4) is 0 Å². The number of thiophene rings is 1. The normalized spacial score (nSPS) is 11.5. The number of ether oxygens (including phenoxy) is 3. The van der Waals surface area contributed by atoms with Gasteiger partial charge in [-0.05, 0) is 49.2 Å². The van der Waals surface area contributed by atoms with Crippen LogP contribution >= 0.6 is 11.3 Å². The van der Waals surface area contributed by atoms with Gasteiger partial charge in [0.15, 0.2) is 0 Å². The van der Waals surface area contributed by atoms with Gasteiger partial charge in [0.1, 0.15) is 9.96 Å². The van der Waals surface area contributed by atoms with E-state index >= 15 is 0 Å². The molecular weight excluding hydrogens is 494 g/mol. The number of carboxylic acid groups (broad SMARTS) is 1. The lowest BCUT2D eigenvalue weighted by Crippen LogP contribution is -2.10. The first-order valence-electron chi connectivity index (χ1n) is 10.6. The molecule has 0 saturated heterocycles. The zero-order valence-corrected chi connectivity index (χ0v) is 20.9. The highest BCUT2D eigenvalue weighted by atomic mass is 32.2. The monoisotopic (exact) mass is 517 g/mol. The molecule has 3 heterocycles. The predicted molar refractivity (Wildman–Crippen MR) is 130 cm³/mol. The van der Waals surface area contributed by atoms with E-state index in [4.69, 9.17) is 19.3 Å². The Hall–Kier alpha value is -3.64. The van der Waals surface area contributed by atoms with Gasteiger partial charge in [-0.2, -0.15) is 13.4 Å². The number of aryl methyl sites for hydroxylation is 1. The van der Waals surface area contributed by atoms with Crippen molar-refractivity contribution in [2.45, 2.75) is 24.0 Å². The van der Waals surface area contributed by atoms with Crippen LogP contribution in [0.1, 0.15) is 18.9 Å². The van der Waals surface area contributed by atoms with E-state index in [2.05, 4.69) is 9.97 Å². The first kappa shape index (κ1) is 24.5. The molecule has 12 heteroatoms. The van der Waals surface area contributed by atoms with Gasteiger partial charge in [0.2, 0.25) is 5.88 Å². The molecule has 0 spiro atoms. The summed E-state index contributed by atoms with van der Waals surface area (Å²) in [5, 5.41) is 9.77. The van der Waals surface area contributed by atoms with Gasteiger partial charge in [-0.3, -0.25) is 4.79 Å². The van der Waals surface area contributed by atoms with Crippen LogP contribution in [0.4, 0.5) is 0 Å². The summed E-state index contributed by atoms with van der Waals surface area (Å²) in [4.78, 5) is 20.0. The van der Waals surface area contributed by atoms with Crippen LogP contribution in [0.15, 0.2) is 46.9 Å². The molecule has 0 aliphatic rings. The van der Waals surface area contributed by atoms with Gasteiger partial charge in [0.25, 0.3) is 10.0 Å². The van der Waals surface area contributed by atoms with E-state index in [-0.39, 0.29) is 28.9 Å². The number of rotatable bonds is 10. The zero-order chi connectivity index (χ0) is 25.2. The fourth-order valence-corrected chi connectivity index (χ4v) is 6.40. The van der Waals surface area contributed by atoms with Crippen LogP contribution in [0.25, 0.3) is 21.3 Å². The number of aliphatic carboxylic acids is 1. The van der Waals surface area contributed by atoms with Gasteiger partial charge >= 0.3 is 12.0 Å². The highest BCUT2D eigenvalue weighted by Crippen LogP contribution is 2.38. The molecule has 184 valence electrons. The van der Waals surface area contributed by atoms with Crippen LogP contribution in [0.5, 0.6) is 17.6 Å². The molecule has 0 saturated carbocycles. The lowest BCUT2D eigenvalue weighted by Gasteiger charge is -2.07. The van der Waals surface area contributed by atoms with Crippen molar-refractivity contribution in [1.29, 1.82) is 0 Å². The van der Waals surface area contributed by atoms with Gasteiger partial charge < -0.3 is 19.3 Å². The minimum atomic E-state index is -3.99. The molecule has 0 fully saturated rings. The largest absolute Gasteiger partial charge is 0.494 e. The Bertz CT molecular complexity index is 1490. The fraction of sp³-hybridized carbons (Fsp3) is 0.261. The average molecular weight is 518 g/mol. The second-order valence-electron chi connectivity index (χ2n) is 7.36. The van der Waals surface area contributed by atoms with Crippen LogP contribution in [-0.4, -0.2) is 54.3 Å². The van der Waals surface area contributed by atoms with Crippen molar-refractivity contribution in [2.24, 2.45) is 0 Å². The van der Waals surface area contributed by atoms with Crippen LogP contribution in [0, 0.1) is 0 Å². The van der Waals surface area contributed by atoms with Crippen molar-refractivity contribution in [3.63, 3.8) is 0 Å². The number of hydrogen-bond donors (Lipinski definition) is 1. The van der Waals surface area contributed by atoms with Gasteiger partial charge in [-0.1, -0.05) is 0 Å². The van der Waals surface area contributed by atoms with Crippen LogP contribution < -0.4 is 14.2 Å². The summed E-state index contributed by atoms with van der Waals surface area (Å²) >= 11 is 1.05. The molecule has 4 rings (SSSR count). The number of hydrogen-bond acceptors (Lipinski definition) is 9. The molecule has 1 aromatic carbocycles. The SMILES string of the molecule is CCOc1ccc2c(c1)c(CCC(=O)O)cn2S(=O)(=O)c1ccc(-c2cnc(OC)nc2OC)s1. The molecule has 0 amide bonds. The maximum Gasteiger partial charge on any atom is 0.319 e. The van der Waals surface area contributed by atoms with Crippen molar-refractivity contribution in [1.82, 2.24) is 13.9 Å². The summed E-state index contributed by atoms with van der Waals surface area (Å²) in [6, 6.07) is 8.40. The third-order valence-corrected chi connectivity index (χ3v) is 8.47. The van der Waals surface area contributed by atoms with Gasteiger partial charge in [0.05, 0.1) is 31.9 Å². The van der Waals surface area contributed by atoms with E-state index in [0.717, 1.165) is 11.3 Å². The van der Waals surface area contributed by atoms with Crippen molar-refractivity contribution in [3.05, 3.63) is 48.3 Å². The Balaban J connectivity index is 1.79. The molecule has 0 aliphatic heterocycles. The summed E-state index contributed by atoms with van der Waals surface area (Å²) in [7, 11) is -1.09. The number of carbonyl (C=O) groups is 1. The number of methoxy groups -OCH3 is 2. The molecule has 3 aromatic heterocycles. The Labute approximate surface area is 205 Å². The number of fused-ring (bicyclic) bond motifs is 1. The summed E-state index contributed by atoms with van der Waals surface area (Å²) < 4.78 is 44.5. The van der Waals surface area contributed by atoms with Crippen molar-refractivity contribution >= 4 is 38.2 Å². The summed E-state index contributed by atoms with van der Waals surface area (Å²) in [6.45, 7) is 2.30. The second kappa shape index (κ2) is 9.92. The van der Waals surface area contributed by atoms with E-state index in [9.17, 15) is 13.2 Å². The lowest BCUT2D eigenvalue weighted by atomic mass is 10.1. The molecule has 10 nitrogen and oxygen atoms in total. The molecule has 0 unspecified atom stereocenters. The Morgan fingerprint density at radius 3 is 2.66 bits per heavy atom. The lowest BCUT2D eigenvalue weighted by molar-refractivity contribution is -0.136. The van der Waals surface area contributed by atoms with Crippen LogP contribution in [-0.2, 0) is 21.2 Å². The topological polar surface area (TPSA) is 130 Å². The summed E-state index contributed by atoms with van der Waals surface area (Å²) in [5.41, 5.74) is 1.57. The number of benzene rings is 1. The van der Waals surface area contributed by atoms with Crippen molar-refractivity contribution < 1.29 is 32.5 Å². The third-order valence-electron chi connectivity index (χ3n) is 5.21. The first-order valence-corrected chi connectivity index (χ1v) is 12.8. The molecule has 35 heavy (non-hydrogen) atoms. The van der Waals surface area contributed by atoms with Gasteiger partial charge in [-0.15, -0.1) is 11.3 Å². The Kier molecular flexibility index (Phi) is 6.94. The van der Waals surface area contributed by atoms with Crippen molar-refractivity contribution in [3.8, 4) is 28.1 Å². The number of nitrogens with zero attached hydrogens (tertiary/aromatic N) is 3. The molecule has 0 atom stereocenters. The molecule has 4 aromatic rings. The molecule has 0 radical (unpaired) electrons. The maximum atomic E-state index is 13.7. The van der Waals surface area contributed by atoms with E-state index in [1.165, 1.54) is 36.7 Å². The maximum absolute atomic E-state index is 13.7. The Morgan fingerprint density at radius 1 is 1.17 bits per heavy atom. The minimum Gasteiger partial charge on any atom is -0.494 e. The molecule has 1 N–H and O–H groups in total. The van der Waals surface area contributed by atoms with E-state index < -0.39 is 16.0 Å². The summed E-state index contributed by atoms with van der Waals surface area (Å²) in [6.07, 6.45) is 3.05. The average Bonchev–Trinajstić information content (AvgIpc) is 3.48. The van der Waals surface area contributed by atoms with E-state index in [1.807, 2.05) is 6.92 Å². The third kappa shape index (κ3) is 4.80. The van der Waals surface area contributed by atoms with E-state index in [0.29, 0.717) is 39.3 Å². The quantitative estimate of drug-likeness (QED) is 0.333. The smallest absolute Gasteiger partial charge is 0.319 e. The van der Waals surface area contributed by atoms with Crippen molar-refractivity contribution in [2.75, 3.05) is 20.8 Å². The highest BCUT2D eigenvalue weighted by molar-refractivity contribution is 7.92. The second-order valence-corrected chi connectivity index (χ2v) is 10.5. The molecule has 0 aliphatic carbocycles. The highest BCUT2D eigenvalue weighted by Gasteiger charge is 2.25. The minimum absolute atomic E-state index is 0.0981. The Morgan fingerprint density at radius 2 is 1.97 bits per heavy atom. The standard InChI is InChI=1S/C23H23N3O7S2/c1-4-33-15-6-7-18-16(11-15)14(5-9-20(27)28)13-26(18)35(29,30)21-10-8-19(34-21)17-12-24-23(32-3)25-22(17)31-2/h6-8,10-13H,4-5,9H2,1-3H3,(H,27,28). The number of aromatic nitrogens is 3. The molecular formula is C23H23N3O7S2. The van der Waals surface area contributed by atoms with E-state index in [1.54, 1.807) is 24.3 Å². The first-order chi connectivity index (χ1) is 16.8. The zero-order valence-electron chi connectivity index (χ0n) is 19.2. The van der Waals surface area contributed by atoms with Crippen LogP contribution in [0.2, 0.25) is 0 Å². The fourth-order valence-electron chi connectivity index (χ4n) is 3.62. The summed E-state index contributed by atoms with van der Waals surface area (Å²) in [5.74, 6) is -0.126. The molecule has 0 bridgehead atoms.